The molecule has 134 valence electrons. The lowest BCUT2D eigenvalue weighted by Crippen LogP contribution is -2.41. The van der Waals surface area contributed by atoms with Crippen molar-refractivity contribution in [2.75, 3.05) is 18.4 Å². The molecular weight excluding hydrogens is 331 g/mol. The number of rotatable bonds is 2. The highest BCUT2D eigenvalue weighted by atomic mass is 19.1. The van der Waals surface area contributed by atoms with Gasteiger partial charge < -0.3 is 14.8 Å². The highest BCUT2D eigenvalue weighted by Crippen LogP contribution is 2.29. The molecule has 0 bridgehead atoms. The average Bonchev–Trinajstić information content (AvgIpc) is 2.97. The fourth-order valence-corrected chi connectivity index (χ4v) is 3.70. The lowest BCUT2D eigenvalue weighted by Gasteiger charge is -2.33. The summed E-state index contributed by atoms with van der Waals surface area (Å²) in [6.45, 7) is 3.32. The number of halogens is 1. The molecule has 2 aromatic carbocycles. The predicted octanol–water partition coefficient (Wildman–Crippen LogP) is 4.35. The molecule has 0 radical (unpaired) electrons. The van der Waals surface area contributed by atoms with Crippen molar-refractivity contribution >= 4 is 22.8 Å². The topological polar surface area (TPSA) is 50.2 Å². The summed E-state index contributed by atoms with van der Waals surface area (Å²) < 4.78 is 15.6. The first-order valence-corrected chi connectivity index (χ1v) is 8.87. The van der Waals surface area contributed by atoms with Crippen LogP contribution in [0.5, 0.6) is 0 Å². The SMILES string of the molecule is Cc1nc2cc(F)ccc2n1C1CCN(C(=O)Nc2ccccc2)CC1. The van der Waals surface area contributed by atoms with E-state index in [4.69, 9.17) is 0 Å². The van der Waals surface area contributed by atoms with Gasteiger partial charge in [0, 0.05) is 30.9 Å². The summed E-state index contributed by atoms with van der Waals surface area (Å²) in [4.78, 5) is 18.8. The van der Waals surface area contributed by atoms with Crippen molar-refractivity contribution in [3.8, 4) is 0 Å². The largest absolute Gasteiger partial charge is 0.325 e. The molecule has 3 aromatic rings. The third-order valence-electron chi connectivity index (χ3n) is 4.97. The fourth-order valence-electron chi connectivity index (χ4n) is 3.70. The Morgan fingerprint density at radius 3 is 2.62 bits per heavy atom. The molecule has 0 atom stereocenters. The van der Waals surface area contributed by atoms with E-state index >= 15 is 0 Å². The standard InChI is InChI=1S/C20H21FN4O/c1-14-22-18-13-15(21)7-8-19(18)25(14)17-9-11-24(12-10-17)20(26)23-16-5-3-2-4-6-16/h2-8,13,17H,9-12H2,1H3,(H,23,26). The van der Waals surface area contributed by atoms with Crippen molar-refractivity contribution in [1.29, 1.82) is 0 Å². The zero-order valence-electron chi connectivity index (χ0n) is 14.7. The van der Waals surface area contributed by atoms with Gasteiger partial charge in [-0.3, -0.25) is 0 Å². The average molecular weight is 352 g/mol. The summed E-state index contributed by atoms with van der Waals surface area (Å²) in [6.07, 6.45) is 1.71. The van der Waals surface area contributed by atoms with Crippen LogP contribution in [0.25, 0.3) is 11.0 Å². The number of carbonyl (C=O) groups excluding carboxylic acids is 1. The summed E-state index contributed by atoms with van der Waals surface area (Å²) in [5.41, 5.74) is 2.45. The number of aromatic nitrogens is 2. The molecule has 1 aliphatic rings. The Labute approximate surface area is 151 Å². The molecule has 2 amide bonds. The van der Waals surface area contributed by atoms with Gasteiger partial charge in [0.25, 0.3) is 0 Å². The van der Waals surface area contributed by atoms with Crippen molar-refractivity contribution in [1.82, 2.24) is 14.5 Å². The highest BCUT2D eigenvalue weighted by molar-refractivity contribution is 5.89. The maximum atomic E-state index is 13.4. The first-order chi connectivity index (χ1) is 12.6. The quantitative estimate of drug-likeness (QED) is 0.745. The molecule has 2 heterocycles. The lowest BCUT2D eigenvalue weighted by molar-refractivity contribution is 0.184. The molecular formula is C20H21FN4O. The van der Waals surface area contributed by atoms with Gasteiger partial charge in [-0.15, -0.1) is 0 Å². The number of fused-ring (bicyclic) bond motifs is 1. The third kappa shape index (κ3) is 3.14. The number of piperidine rings is 1. The van der Waals surface area contributed by atoms with E-state index in [0.29, 0.717) is 18.6 Å². The van der Waals surface area contributed by atoms with Crippen LogP contribution in [0.2, 0.25) is 0 Å². The molecule has 6 heteroatoms. The lowest BCUT2D eigenvalue weighted by atomic mass is 10.0. The Morgan fingerprint density at radius 2 is 1.88 bits per heavy atom. The van der Waals surface area contributed by atoms with Crippen LogP contribution in [0.3, 0.4) is 0 Å². The fraction of sp³-hybridized carbons (Fsp3) is 0.300. The Kier molecular flexibility index (Phi) is 4.32. The van der Waals surface area contributed by atoms with Crippen LogP contribution in [-0.4, -0.2) is 33.6 Å². The molecule has 0 saturated carbocycles. The van der Waals surface area contributed by atoms with Gasteiger partial charge in [0.15, 0.2) is 0 Å². The van der Waals surface area contributed by atoms with Crippen LogP contribution >= 0.6 is 0 Å². The number of nitrogens with zero attached hydrogens (tertiary/aromatic N) is 3. The van der Waals surface area contributed by atoms with Crippen LogP contribution in [-0.2, 0) is 0 Å². The summed E-state index contributed by atoms with van der Waals surface area (Å²) in [6, 6.07) is 14.4. The monoisotopic (exact) mass is 352 g/mol. The number of hydrogen-bond acceptors (Lipinski definition) is 2. The minimum atomic E-state index is -0.269. The Hall–Kier alpha value is -2.89. The predicted molar refractivity (Wildman–Crippen MR) is 99.7 cm³/mol. The van der Waals surface area contributed by atoms with E-state index in [1.807, 2.05) is 42.2 Å². The van der Waals surface area contributed by atoms with E-state index in [1.165, 1.54) is 12.1 Å². The molecule has 1 aliphatic heterocycles. The molecule has 5 nitrogen and oxygen atoms in total. The summed E-state index contributed by atoms with van der Waals surface area (Å²) in [5, 5.41) is 2.93. The van der Waals surface area contributed by atoms with Gasteiger partial charge in [0.1, 0.15) is 11.6 Å². The van der Waals surface area contributed by atoms with E-state index in [2.05, 4.69) is 14.9 Å². The second kappa shape index (κ2) is 6.78. The number of hydrogen-bond donors (Lipinski definition) is 1. The third-order valence-corrected chi connectivity index (χ3v) is 4.97. The van der Waals surface area contributed by atoms with Gasteiger partial charge in [-0.2, -0.15) is 0 Å². The first-order valence-electron chi connectivity index (χ1n) is 8.87. The van der Waals surface area contributed by atoms with E-state index in [1.54, 1.807) is 6.07 Å². The van der Waals surface area contributed by atoms with Crippen molar-refractivity contribution in [2.45, 2.75) is 25.8 Å². The second-order valence-corrected chi connectivity index (χ2v) is 6.68. The minimum absolute atomic E-state index is 0.0658. The number of nitrogens with one attached hydrogen (secondary N) is 1. The smallest absolute Gasteiger partial charge is 0.321 e. The van der Waals surface area contributed by atoms with Gasteiger partial charge >= 0.3 is 6.03 Å². The zero-order chi connectivity index (χ0) is 18.1. The number of para-hydroxylation sites is 1. The van der Waals surface area contributed by atoms with Gasteiger partial charge in [0.05, 0.1) is 11.0 Å². The maximum absolute atomic E-state index is 13.4. The van der Waals surface area contributed by atoms with Crippen LogP contribution in [0.15, 0.2) is 48.5 Å². The number of anilines is 1. The van der Waals surface area contributed by atoms with Gasteiger partial charge in [-0.1, -0.05) is 18.2 Å². The Balaban J connectivity index is 1.45. The van der Waals surface area contributed by atoms with Crippen LogP contribution < -0.4 is 5.32 Å². The molecule has 0 unspecified atom stereocenters. The summed E-state index contributed by atoms with van der Waals surface area (Å²) in [5.74, 6) is 0.618. The Morgan fingerprint density at radius 1 is 1.15 bits per heavy atom. The second-order valence-electron chi connectivity index (χ2n) is 6.68. The van der Waals surface area contributed by atoms with E-state index < -0.39 is 0 Å². The first kappa shape index (κ1) is 16.6. The van der Waals surface area contributed by atoms with Crippen molar-refractivity contribution < 1.29 is 9.18 Å². The zero-order valence-corrected chi connectivity index (χ0v) is 14.7. The van der Waals surface area contributed by atoms with Crippen molar-refractivity contribution in [2.24, 2.45) is 0 Å². The van der Waals surface area contributed by atoms with Crippen LogP contribution in [0.4, 0.5) is 14.9 Å². The number of aryl methyl sites for hydroxylation is 1. The number of carbonyl (C=O) groups is 1. The molecule has 0 aliphatic carbocycles. The summed E-state index contributed by atoms with van der Waals surface area (Å²) in [7, 11) is 0. The highest BCUT2D eigenvalue weighted by Gasteiger charge is 2.26. The van der Waals surface area contributed by atoms with E-state index in [-0.39, 0.29) is 17.9 Å². The summed E-state index contributed by atoms with van der Waals surface area (Å²) >= 11 is 0. The van der Waals surface area contributed by atoms with Crippen molar-refractivity contribution in [3.63, 3.8) is 0 Å². The molecule has 1 saturated heterocycles. The van der Waals surface area contributed by atoms with Gasteiger partial charge in [0.2, 0.25) is 0 Å². The normalized spacial score (nSPS) is 15.4. The number of imidazole rings is 1. The number of amides is 2. The molecule has 1 fully saturated rings. The van der Waals surface area contributed by atoms with Crippen LogP contribution in [0.1, 0.15) is 24.7 Å². The molecule has 1 N–H and O–H groups in total. The maximum Gasteiger partial charge on any atom is 0.321 e. The van der Waals surface area contributed by atoms with E-state index in [9.17, 15) is 9.18 Å². The van der Waals surface area contributed by atoms with Crippen LogP contribution in [0, 0.1) is 12.7 Å². The van der Waals surface area contributed by atoms with Crippen molar-refractivity contribution in [3.05, 3.63) is 60.2 Å². The molecule has 4 rings (SSSR count). The molecule has 1 aromatic heterocycles. The van der Waals surface area contributed by atoms with E-state index in [0.717, 1.165) is 29.9 Å². The Bertz CT molecular complexity index is 930. The number of benzene rings is 2. The van der Waals surface area contributed by atoms with Gasteiger partial charge in [-0.05, 0) is 44.0 Å². The number of likely N-dealkylation sites (tertiary alicyclic amines) is 1. The molecule has 0 spiro atoms. The number of urea groups is 1. The van der Waals surface area contributed by atoms with Gasteiger partial charge in [-0.25, -0.2) is 14.2 Å². The minimum Gasteiger partial charge on any atom is -0.325 e. The molecule has 26 heavy (non-hydrogen) atoms.